The number of ether oxygens (including phenoxy) is 1. The van der Waals surface area contributed by atoms with E-state index in [4.69, 9.17) is 9.26 Å². The van der Waals surface area contributed by atoms with E-state index in [0.717, 1.165) is 19.6 Å². The van der Waals surface area contributed by atoms with Crippen molar-refractivity contribution in [1.29, 1.82) is 0 Å². The van der Waals surface area contributed by atoms with Crippen molar-refractivity contribution >= 4 is 15.9 Å². The van der Waals surface area contributed by atoms with E-state index in [1.165, 1.54) is 6.07 Å². The number of hydrogen-bond acceptors (Lipinski definition) is 6. The lowest BCUT2D eigenvalue weighted by Crippen LogP contribution is -2.44. The molecule has 0 spiro atoms. The zero-order valence-electron chi connectivity index (χ0n) is 12.1. The Morgan fingerprint density at radius 2 is 2.41 bits per heavy atom. The monoisotopic (exact) mass is 370 g/mol. The third kappa shape index (κ3) is 3.45. The predicted octanol–water partition coefficient (Wildman–Crippen LogP) is 2.13. The molecule has 0 aliphatic carbocycles. The number of rotatable bonds is 4. The molecule has 0 saturated carbocycles. The van der Waals surface area contributed by atoms with Gasteiger partial charge in [-0.15, -0.1) is 0 Å². The number of nitrogens with zero attached hydrogens (tertiary/aromatic N) is 3. The minimum absolute atomic E-state index is 0.0371. The first-order valence-corrected chi connectivity index (χ1v) is 7.74. The lowest BCUT2D eigenvalue weighted by atomic mass is 10.2. The molecule has 1 saturated heterocycles. The van der Waals surface area contributed by atoms with Crippen LogP contribution in [0.5, 0.6) is 5.75 Å². The van der Waals surface area contributed by atoms with Gasteiger partial charge >= 0.3 is 0 Å². The van der Waals surface area contributed by atoms with Crippen LogP contribution in [0.3, 0.4) is 0 Å². The Morgan fingerprint density at radius 3 is 3.18 bits per heavy atom. The molecule has 1 aliphatic heterocycles. The maximum absolute atomic E-state index is 13.7. The molecule has 2 heterocycles. The van der Waals surface area contributed by atoms with Crippen molar-refractivity contribution < 1.29 is 13.7 Å². The lowest BCUT2D eigenvalue weighted by molar-refractivity contribution is 0.189. The van der Waals surface area contributed by atoms with Crippen molar-refractivity contribution in [1.82, 2.24) is 20.4 Å². The predicted molar refractivity (Wildman–Crippen MR) is 81.0 cm³/mol. The van der Waals surface area contributed by atoms with Gasteiger partial charge in [-0.25, -0.2) is 4.39 Å². The van der Waals surface area contributed by atoms with Crippen LogP contribution in [0.25, 0.3) is 0 Å². The molecular formula is C14H16BrFN4O2. The molecule has 6 nitrogen and oxygen atoms in total. The zero-order chi connectivity index (χ0) is 15.5. The molecule has 0 amide bonds. The average Bonchev–Trinajstić information content (AvgIpc) is 2.95. The molecule has 3 rings (SSSR count). The number of benzene rings is 1. The summed E-state index contributed by atoms with van der Waals surface area (Å²) in [4.78, 5) is 6.50. The summed E-state index contributed by atoms with van der Waals surface area (Å²) in [5, 5.41) is 7.29. The van der Waals surface area contributed by atoms with Crippen molar-refractivity contribution in [2.45, 2.75) is 12.6 Å². The summed E-state index contributed by atoms with van der Waals surface area (Å²) in [6.45, 7) is 2.69. The Morgan fingerprint density at radius 1 is 1.55 bits per heavy atom. The summed E-state index contributed by atoms with van der Waals surface area (Å²) in [7, 11) is 2.02. The van der Waals surface area contributed by atoms with Gasteiger partial charge in [0.05, 0.1) is 6.04 Å². The second-order valence-corrected chi connectivity index (χ2v) is 6.03. The fraction of sp³-hybridized carbons (Fsp3) is 0.429. The van der Waals surface area contributed by atoms with Gasteiger partial charge in [-0.2, -0.15) is 4.98 Å². The number of hydrogen-bond donors (Lipinski definition) is 1. The number of halogens is 2. The van der Waals surface area contributed by atoms with Crippen LogP contribution in [-0.4, -0.2) is 41.7 Å². The molecule has 1 unspecified atom stereocenters. The Hall–Kier alpha value is -1.51. The molecular weight excluding hydrogens is 355 g/mol. The van der Waals surface area contributed by atoms with Crippen LogP contribution in [0.4, 0.5) is 4.39 Å². The van der Waals surface area contributed by atoms with Crippen LogP contribution in [-0.2, 0) is 6.61 Å². The van der Waals surface area contributed by atoms with Gasteiger partial charge in [0.2, 0.25) is 0 Å². The fourth-order valence-corrected chi connectivity index (χ4v) is 2.62. The number of nitrogens with one attached hydrogen (secondary N) is 1. The van der Waals surface area contributed by atoms with Gasteiger partial charge < -0.3 is 14.6 Å². The van der Waals surface area contributed by atoms with Gasteiger partial charge in [-0.3, -0.25) is 4.90 Å². The maximum Gasteiger partial charge on any atom is 0.264 e. The smallest absolute Gasteiger partial charge is 0.264 e. The molecule has 0 radical (unpaired) electrons. The summed E-state index contributed by atoms with van der Waals surface area (Å²) in [6, 6.07) is 4.68. The second kappa shape index (κ2) is 6.72. The van der Waals surface area contributed by atoms with E-state index < -0.39 is 5.82 Å². The SMILES string of the molecule is CN1CCNCC1c1noc(COc2ccc(Br)cc2F)n1. The highest BCUT2D eigenvalue weighted by Crippen LogP contribution is 2.23. The van der Waals surface area contributed by atoms with E-state index in [-0.39, 0.29) is 18.4 Å². The molecule has 118 valence electrons. The highest BCUT2D eigenvalue weighted by Gasteiger charge is 2.25. The van der Waals surface area contributed by atoms with Gasteiger partial charge in [0.25, 0.3) is 5.89 Å². The first kappa shape index (κ1) is 15.4. The normalized spacial score (nSPS) is 19.3. The molecule has 1 aliphatic rings. The van der Waals surface area contributed by atoms with Crippen molar-refractivity contribution in [3.05, 3.63) is 40.2 Å². The standard InChI is InChI=1S/C14H16BrFN4O2/c1-20-5-4-17-7-11(20)14-18-13(22-19-14)8-21-12-3-2-9(15)6-10(12)16/h2-3,6,11,17H,4-5,7-8H2,1H3. The Kier molecular flexibility index (Phi) is 4.70. The Balaban J connectivity index is 1.64. The van der Waals surface area contributed by atoms with Crippen molar-refractivity contribution in [2.75, 3.05) is 26.7 Å². The zero-order valence-corrected chi connectivity index (χ0v) is 13.6. The van der Waals surface area contributed by atoms with E-state index in [1.54, 1.807) is 12.1 Å². The van der Waals surface area contributed by atoms with Crippen LogP contribution in [0.15, 0.2) is 27.2 Å². The summed E-state index contributed by atoms with van der Waals surface area (Å²) in [5.74, 6) is 0.658. The summed E-state index contributed by atoms with van der Waals surface area (Å²) in [6.07, 6.45) is 0. The van der Waals surface area contributed by atoms with Crippen molar-refractivity contribution in [2.24, 2.45) is 0 Å². The lowest BCUT2D eigenvalue weighted by Gasteiger charge is -2.30. The largest absolute Gasteiger partial charge is 0.481 e. The molecule has 1 aromatic carbocycles. The van der Waals surface area contributed by atoms with Gasteiger partial charge in [-0.1, -0.05) is 21.1 Å². The third-order valence-corrected chi connectivity index (χ3v) is 4.03. The molecule has 2 aromatic rings. The summed E-state index contributed by atoms with van der Waals surface area (Å²) >= 11 is 3.20. The average molecular weight is 371 g/mol. The van der Waals surface area contributed by atoms with Crippen molar-refractivity contribution in [3.63, 3.8) is 0 Å². The quantitative estimate of drug-likeness (QED) is 0.889. The van der Waals surface area contributed by atoms with E-state index in [1.807, 2.05) is 7.05 Å². The van der Waals surface area contributed by atoms with Gasteiger partial charge in [0.15, 0.2) is 24.0 Å². The first-order valence-electron chi connectivity index (χ1n) is 6.95. The number of piperazine rings is 1. The third-order valence-electron chi connectivity index (χ3n) is 3.54. The molecule has 1 N–H and O–H groups in total. The second-order valence-electron chi connectivity index (χ2n) is 5.11. The molecule has 8 heteroatoms. The van der Waals surface area contributed by atoms with E-state index in [9.17, 15) is 4.39 Å². The molecule has 0 bridgehead atoms. The van der Waals surface area contributed by atoms with E-state index in [0.29, 0.717) is 16.2 Å². The summed E-state index contributed by atoms with van der Waals surface area (Å²) in [5.41, 5.74) is 0. The Bertz CT molecular complexity index is 652. The van der Waals surface area contributed by atoms with Crippen LogP contribution < -0.4 is 10.1 Å². The molecule has 1 fully saturated rings. The van der Waals surface area contributed by atoms with Crippen LogP contribution in [0.2, 0.25) is 0 Å². The molecule has 1 atom stereocenters. The minimum atomic E-state index is -0.440. The van der Waals surface area contributed by atoms with Gasteiger partial charge in [0.1, 0.15) is 0 Å². The molecule has 22 heavy (non-hydrogen) atoms. The number of aromatic nitrogens is 2. The summed E-state index contributed by atoms with van der Waals surface area (Å²) < 4.78 is 24.9. The van der Waals surface area contributed by atoms with E-state index in [2.05, 4.69) is 36.3 Å². The highest BCUT2D eigenvalue weighted by atomic mass is 79.9. The van der Waals surface area contributed by atoms with Crippen LogP contribution >= 0.6 is 15.9 Å². The first-order chi connectivity index (χ1) is 10.6. The topological polar surface area (TPSA) is 63.4 Å². The fourth-order valence-electron chi connectivity index (χ4n) is 2.29. The van der Waals surface area contributed by atoms with Crippen LogP contribution in [0, 0.1) is 5.82 Å². The van der Waals surface area contributed by atoms with Gasteiger partial charge in [-0.05, 0) is 25.2 Å². The Labute approximate surface area is 135 Å². The van der Waals surface area contributed by atoms with Gasteiger partial charge in [0, 0.05) is 24.1 Å². The highest BCUT2D eigenvalue weighted by molar-refractivity contribution is 9.10. The van der Waals surface area contributed by atoms with E-state index >= 15 is 0 Å². The van der Waals surface area contributed by atoms with Crippen LogP contribution in [0.1, 0.15) is 17.8 Å². The molecule has 1 aromatic heterocycles. The van der Waals surface area contributed by atoms with Crippen molar-refractivity contribution in [3.8, 4) is 5.75 Å². The minimum Gasteiger partial charge on any atom is -0.481 e. The maximum atomic E-state index is 13.7. The number of likely N-dealkylation sites (N-methyl/N-ethyl adjacent to an activating group) is 1.